The van der Waals surface area contributed by atoms with E-state index in [4.69, 9.17) is 4.42 Å². The summed E-state index contributed by atoms with van der Waals surface area (Å²) in [7, 11) is 0. The Morgan fingerprint density at radius 3 is 2.47 bits per heavy atom. The first-order valence-corrected chi connectivity index (χ1v) is 10.3. The third-order valence-corrected chi connectivity index (χ3v) is 5.16. The predicted molar refractivity (Wildman–Crippen MR) is 123 cm³/mol. The Morgan fingerprint density at radius 1 is 0.938 bits per heavy atom. The first kappa shape index (κ1) is 21.1. The smallest absolute Gasteiger partial charge is 0.408 e. The van der Waals surface area contributed by atoms with Gasteiger partial charge in [0, 0.05) is 19.5 Å². The molecule has 4 rings (SSSR count). The van der Waals surface area contributed by atoms with E-state index in [-0.39, 0.29) is 24.8 Å². The molecule has 4 aromatic rings. The molecule has 0 spiro atoms. The van der Waals surface area contributed by atoms with Gasteiger partial charge in [-0.05, 0) is 36.8 Å². The number of amides is 2. The van der Waals surface area contributed by atoms with Crippen molar-refractivity contribution in [3.05, 3.63) is 100 Å². The number of aromatic nitrogens is 1. The molecule has 0 saturated heterocycles. The molecule has 1 heterocycles. The van der Waals surface area contributed by atoms with Crippen LogP contribution in [0.5, 0.6) is 0 Å². The molecule has 0 bridgehead atoms. The number of carbonyl (C=O) groups is 2. The predicted octanol–water partition coefficient (Wildman–Crippen LogP) is 3.86. The zero-order valence-electron chi connectivity index (χ0n) is 17.6. The number of anilines is 1. The summed E-state index contributed by atoms with van der Waals surface area (Å²) in [6.07, 6.45) is 0.0583. The third kappa shape index (κ3) is 4.78. The second kappa shape index (κ2) is 9.34. The lowest BCUT2D eigenvalue weighted by Gasteiger charge is -2.12. The van der Waals surface area contributed by atoms with E-state index in [2.05, 4.69) is 10.6 Å². The minimum absolute atomic E-state index is 0.0583. The van der Waals surface area contributed by atoms with Crippen LogP contribution in [0.1, 0.15) is 27.9 Å². The largest absolute Gasteiger partial charge is 0.419 e. The van der Waals surface area contributed by atoms with Crippen molar-refractivity contribution in [3.8, 4) is 0 Å². The number of carbonyl (C=O) groups excluding carboxylic acids is 2. The van der Waals surface area contributed by atoms with Crippen molar-refractivity contribution in [2.45, 2.75) is 26.4 Å². The van der Waals surface area contributed by atoms with Crippen LogP contribution in [-0.4, -0.2) is 16.4 Å². The fourth-order valence-electron chi connectivity index (χ4n) is 3.43. The van der Waals surface area contributed by atoms with E-state index in [1.165, 1.54) is 4.57 Å². The summed E-state index contributed by atoms with van der Waals surface area (Å²) >= 11 is 0. The molecule has 2 N–H and O–H groups in total. The molecule has 7 nitrogen and oxygen atoms in total. The molecule has 0 fully saturated rings. The molecular formula is C25H23N3O4. The van der Waals surface area contributed by atoms with Gasteiger partial charge in [-0.3, -0.25) is 14.2 Å². The minimum atomic E-state index is -0.505. The molecule has 0 aliphatic heterocycles. The zero-order chi connectivity index (χ0) is 22.5. The van der Waals surface area contributed by atoms with E-state index in [0.717, 1.165) is 11.1 Å². The van der Waals surface area contributed by atoms with Crippen molar-refractivity contribution >= 4 is 28.6 Å². The Bertz CT molecular complexity index is 1320. The third-order valence-electron chi connectivity index (χ3n) is 5.16. The zero-order valence-corrected chi connectivity index (χ0v) is 17.6. The van der Waals surface area contributed by atoms with Gasteiger partial charge in [0.15, 0.2) is 5.58 Å². The molecule has 0 atom stereocenters. The van der Waals surface area contributed by atoms with Gasteiger partial charge in [-0.25, -0.2) is 4.79 Å². The summed E-state index contributed by atoms with van der Waals surface area (Å²) in [6, 6.07) is 21.8. The van der Waals surface area contributed by atoms with Gasteiger partial charge in [0.25, 0.3) is 5.91 Å². The second-order valence-electron chi connectivity index (χ2n) is 7.50. The molecule has 32 heavy (non-hydrogen) atoms. The Morgan fingerprint density at radius 2 is 1.66 bits per heavy atom. The van der Waals surface area contributed by atoms with Crippen molar-refractivity contribution < 1.29 is 14.0 Å². The Balaban J connectivity index is 1.40. The number of fused-ring (bicyclic) bond motifs is 1. The molecule has 7 heteroatoms. The van der Waals surface area contributed by atoms with E-state index in [1.807, 2.05) is 31.2 Å². The Hall–Kier alpha value is -4.13. The second-order valence-corrected chi connectivity index (χ2v) is 7.50. The van der Waals surface area contributed by atoms with Crippen LogP contribution in [0.25, 0.3) is 11.1 Å². The fraction of sp³-hybridized carbons (Fsp3) is 0.160. The Labute approximate surface area is 184 Å². The van der Waals surface area contributed by atoms with Crippen LogP contribution in [-0.2, 0) is 17.9 Å². The number of nitrogens with zero attached hydrogens (tertiary/aromatic N) is 1. The average Bonchev–Trinajstić information content (AvgIpc) is 3.12. The minimum Gasteiger partial charge on any atom is -0.408 e. The molecule has 0 aliphatic rings. The molecule has 0 aliphatic carbocycles. The Kier molecular flexibility index (Phi) is 6.17. The average molecular weight is 429 g/mol. The van der Waals surface area contributed by atoms with Crippen LogP contribution in [0, 0.1) is 6.92 Å². The normalized spacial score (nSPS) is 10.8. The van der Waals surface area contributed by atoms with Gasteiger partial charge in [0.1, 0.15) is 0 Å². The van der Waals surface area contributed by atoms with Gasteiger partial charge in [-0.2, -0.15) is 0 Å². The van der Waals surface area contributed by atoms with Gasteiger partial charge in [-0.15, -0.1) is 0 Å². The van der Waals surface area contributed by atoms with E-state index >= 15 is 0 Å². The van der Waals surface area contributed by atoms with Crippen LogP contribution >= 0.6 is 0 Å². The summed E-state index contributed by atoms with van der Waals surface area (Å²) in [5.41, 5.74) is 4.05. The summed E-state index contributed by atoms with van der Waals surface area (Å²) in [4.78, 5) is 37.3. The number of nitrogens with one attached hydrogen (secondary N) is 2. The van der Waals surface area contributed by atoms with Crippen LogP contribution < -0.4 is 16.4 Å². The van der Waals surface area contributed by atoms with Gasteiger partial charge in [0.05, 0.1) is 16.8 Å². The van der Waals surface area contributed by atoms with E-state index in [0.29, 0.717) is 28.9 Å². The number of benzene rings is 3. The lowest BCUT2D eigenvalue weighted by Crippen LogP contribution is -2.25. The van der Waals surface area contributed by atoms with Gasteiger partial charge in [-0.1, -0.05) is 54.1 Å². The summed E-state index contributed by atoms with van der Waals surface area (Å²) in [5.74, 6) is -1.09. The van der Waals surface area contributed by atoms with E-state index in [1.54, 1.807) is 48.5 Å². The van der Waals surface area contributed by atoms with Crippen molar-refractivity contribution in [3.63, 3.8) is 0 Å². The topological polar surface area (TPSA) is 93.3 Å². The van der Waals surface area contributed by atoms with Gasteiger partial charge < -0.3 is 15.1 Å². The first-order valence-electron chi connectivity index (χ1n) is 10.3. The van der Waals surface area contributed by atoms with Gasteiger partial charge >= 0.3 is 5.76 Å². The number of para-hydroxylation sites is 3. The highest BCUT2D eigenvalue weighted by atomic mass is 16.4. The number of hydrogen-bond acceptors (Lipinski definition) is 4. The summed E-state index contributed by atoms with van der Waals surface area (Å²) in [6.45, 7) is 2.56. The molecule has 0 saturated carbocycles. The van der Waals surface area contributed by atoms with Crippen LogP contribution in [0.15, 0.2) is 82.0 Å². The maximum Gasteiger partial charge on any atom is 0.419 e. The number of rotatable bonds is 7. The highest BCUT2D eigenvalue weighted by Gasteiger charge is 2.14. The summed E-state index contributed by atoms with van der Waals surface area (Å²) in [5, 5.41) is 5.66. The monoisotopic (exact) mass is 429 g/mol. The number of aryl methyl sites for hydroxylation is 2. The molecule has 0 radical (unpaired) electrons. The molecule has 3 aromatic carbocycles. The SMILES string of the molecule is Cc1ccc(CNC(=O)c2ccccc2NC(=O)CCn2c(=O)oc3ccccc32)cc1. The molecular weight excluding hydrogens is 406 g/mol. The lowest BCUT2D eigenvalue weighted by molar-refractivity contribution is -0.116. The maximum atomic E-state index is 12.7. The van der Waals surface area contributed by atoms with Crippen LogP contribution in [0.4, 0.5) is 5.69 Å². The van der Waals surface area contributed by atoms with Crippen molar-refractivity contribution in [1.29, 1.82) is 0 Å². The fourth-order valence-corrected chi connectivity index (χ4v) is 3.43. The van der Waals surface area contributed by atoms with Crippen molar-refractivity contribution in [2.75, 3.05) is 5.32 Å². The van der Waals surface area contributed by atoms with E-state index < -0.39 is 5.76 Å². The quantitative estimate of drug-likeness (QED) is 0.467. The molecule has 0 unspecified atom stereocenters. The first-order chi connectivity index (χ1) is 15.5. The lowest BCUT2D eigenvalue weighted by atomic mass is 10.1. The number of hydrogen-bond donors (Lipinski definition) is 2. The highest BCUT2D eigenvalue weighted by molar-refractivity contribution is 6.03. The molecule has 2 amide bonds. The van der Waals surface area contributed by atoms with Crippen LogP contribution in [0.2, 0.25) is 0 Å². The van der Waals surface area contributed by atoms with Gasteiger partial charge in [0.2, 0.25) is 5.91 Å². The van der Waals surface area contributed by atoms with Crippen molar-refractivity contribution in [2.24, 2.45) is 0 Å². The van der Waals surface area contributed by atoms with Crippen molar-refractivity contribution in [1.82, 2.24) is 9.88 Å². The van der Waals surface area contributed by atoms with E-state index in [9.17, 15) is 14.4 Å². The van der Waals surface area contributed by atoms with Crippen LogP contribution in [0.3, 0.4) is 0 Å². The summed E-state index contributed by atoms with van der Waals surface area (Å²) < 4.78 is 6.62. The number of oxazole rings is 1. The highest BCUT2D eigenvalue weighted by Crippen LogP contribution is 2.17. The maximum absolute atomic E-state index is 12.7. The molecule has 1 aromatic heterocycles. The molecule has 162 valence electrons. The standard InChI is InChI=1S/C25H23N3O4/c1-17-10-12-18(13-11-17)16-26-24(30)19-6-2-3-7-20(19)27-23(29)14-15-28-21-8-4-5-9-22(21)32-25(28)31/h2-13H,14-16H2,1H3,(H,26,30)(H,27,29).